The number of hydrogen-bond donors (Lipinski definition) is 0. The Balaban J connectivity index is 1.38. The van der Waals surface area contributed by atoms with Crippen LogP contribution in [0.2, 0.25) is 0 Å². The predicted octanol–water partition coefficient (Wildman–Crippen LogP) is 11.3. The molecule has 6 heteroatoms. The molecule has 0 amide bonds. The number of benzene rings is 7. The van der Waals surface area contributed by atoms with Crippen LogP contribution in [0.1, 0.15) is 27.4 Å². The highest BCUT2D eigenvalue weighted by Gasteiger charge is 2.21. The van der Waals surface area contributed by atoms with Crippen LogP contribution >= 0.6 is 0 Å². The lowest BCUT2D eigenvalue weighted by Crippen LogP contribution is -2.10. The highest BCUT2D eigenvalue weighted by atomic mass is 16.3. The van der Waals surface area contributed by atoms with Crippen LogP contribution in [0.25, 0.3) is 100.0 Å². The van der Waals surface area contributed by atoms with Gasteiger partial charge in [-0.2, -0.15) is 15.0 Å². The van der Waals surface area contributed by atoms with E-state index in [1.165, 1.54) is 0 Å². The molecule has 0 N–H and O–H groups in total. The first-order valence-electron chi connectivity index (χ1n) is 25.4. The van der Waals surface area contributed by atoms with Crippen LogP contribution in [0.15, 0.2) is 168 Å². The van der Waals surface area contributed by atoms with Gasteiger partial charge < -0.3 is 4.42 Å². The number of hydrogen-bond acceptors (Lipinski definition) is 4. The molecule has 11 aromatic rings. The fourth-order valence-electron chi connectivity index (χ4n) is 6.38. The van der Waals surface area contributed by atoms with Crippen LogP contribution in [-0.2, 0) is 0 Å². The molecule has 0 bridgehead atoms. The van der Waals surface area contributed by atoms with Crippen LogP contribution in [0.5, 0.6) is 0 Å². The summed E-state index contributed by atoms with van der Waals surface area (Å²) < 4.78 is 186. The number of furan rings is 1. The van der Waals surface area contributed by atoms with Gasteiger partial charge in [-0.3, -0.25) is 9.13 Å². The zero-order chi connectivity index (χ0) is 50.9. The Morgan fingerprint density at radius 2 is 1.00 bits per heavy atom. The lowest BCUT2D eigenvalue weighted by molar-refractivity contribution is 0.669. The smallest absolute Gasteiger partial charge is 0.240 e. The Labute approximate surface area is 319 Å². The van der Waals surface area contributed by atoms with Crippen molar-refractivity contribution in [3.8, 4) is 34.4 Å². The minimum atomic E-state index is -0.824. The molecule has 51 heavy (non-hydrogen) atoms. The van der Waals surface area contributed by atoms with Crippen LogP contribution < -0.4 is 0 Å². The Bertz CT molecular complexity index is 4210. The van der Waals surface area contributed by atoms with Crippen molar-refractivity contribution in [1.82, 2.24) is 24.1 Å². The number of para-hydroxylation sites is 4. The molecule has 6 nitrogen and oxygen atoms in total. The summed E-state index contributed by atoms with van der Waals surface area (Å²) in [6.07, 6.45) is 0. The van der Waals surface area contributed by atoms with Crippen molar-refractivity contribution in [2.45, 2.75) is 0 Å². The summed E-state index contributed by atoms with van der Waals surface area (Å²) in [6, 6.07) is -3.06. The van der Waals surface area contributed by atoms with Crippen molar-refractivity contribution in [3.63, 3.8) is 0 Å². The van der Waals surface area contributed by atoms with Gasteiger partial charge in [-0.15, -0.1) is 0 Å². The zero-order valence-electron chi connectivity index (χ0n) is 45.7. The molecule has 0 saturated heterocycles. The number of rotatable bonds is 4. The van der Waals surface area contributed by atoms with E-state index in [1.54, 1.807) is 30.3 Å². The molecule has 4 heterocycles. The second-order valence-corrected chi connectivity index (χ2v) is 11.4. The Hall–Kier alpha value is -7.05. The van der Waals surface area contributed by atoms with Gasteiger partial charge in [0, 0.05) is 37.9 Å². The van der Waals surface area contributed by atoms with Crippen molar-refractivity contribution in [3.05, 3.63) is 163 Å². The first-order valence-corrected chi connectivity index (χ1v) is 15.4. The summed E-state index contributed by atoms with van der Waals surface area (Å²) in [5, 5.41) is -0.00973. The second-order valence-electron chi connectivity index (χ2n) is 11.4. The molecule has 0 radical (unpaired) electrons. The van der Waals surface area contributed by atoms with Crippen molar-refractivity contribution in [1.29, 1.82) is 0 Å². The molecule has 0 aliphatic rings. The summed E-state index contributed by atoms with van der Waals surface area (Å²) in [6.45, 7) is 0. The van der Waals surface area contributed by atoms with Crippen LogP contribution in [0.4, 0.5) is 0 Å². The normalized spacial score (nSPS) is 17.4. The average Bonchev–Trinajstić information content (AvgIpc) is 4.05. The fraction of sp³-hybridized carbons (Fsp3) is 0. The van der Waals surface area contributed by atoms with E-state index in [0.717, 1.165) is 14.5 Å². The highest BCUT2D eigenvalue weighted by molar-refractivity contribution is 6.11. The van der Waals surface area contributed by atoms with Gasteiger partial charge in [-0.1, -0.05) is 121 Å². The molecule has 0 aliphatic heterocycles. The molecule has 0 spiro atoms. The molecule has 0 atom stereocenters. The Morgan fingerprint density at radius 1 is 0.431 bits per heavy atom. The van der Waals surface area contributed by atoms with Gasteiger partial charge in [0.2, 0.25) is 11.9 Å². The first-order chi connectivity index (χ1) is 33.6. The Morgan fingerprint density at radius 3 is 1.69 bits per heavy atom. The largest absolute Gasteiger partial charge is 0.456 e. The number of nitrogens with zero attached hydrogens (tertiary/aromatic N) is 5. The van der Waals surface area contributed by atoms with Crippen molar-refractivity contribution in [2.24, 2.45) is 0 Å². The van der Waals surface area contributed by atoms with E-state index in [-0.39, 0.29) is 22.2 Å². The molecule has 238 valence electrons. The summed E-state index contributed by atoms with van der Waals surface area (Å²) >= 11 is 0. The van der Waals surface area contributed by atoms with Gasteiger partial charge >= 0.3 is 0 Å². The second kappa shape index (κ2) is 10.7. The summed E-state index contributed by atoms with van der Waals surface area (Å²) in [5.74, 6) is -1.43. The van der Waals surface area contributed by atoms with Crippen LogP contribution in [0, 0.1) is 0 Å². The maximum atomic E-state index is 9.80. The summed E-state index contributed by atoms with van der Waals surface area (Å²) in [7, 11) is 0. The van der Waals surface area contributed by atoms with E-state index in [4.69, 9.17) is 38.6 Å². The van der Waals surface area contributed by atoms with E-state index in [1.807, 2.05) is 12.1 Å². The van der Waals surface area contributed by atoms with Gasteiger partial charge in [0.15, 0.2) is 5.82 Å². The van der Waals surface area contributed by atoms with E-state index in [0.29, 0.717) is 16.6 Å². The minimum Gasteiger partial charge on any atom is -0.456 e. The predicted molar refractivity (Wildman–Crippen MR) is 207 cm³/mol. The molecular weight excluding hydrogens is 627 g/mol. The molecule has 0 aliphatic carbocycles. The van der Waals surface area contributed by atoms with E-state index < -0.39 is 177 Å². The maximum absolute atomic E-state index is 9.80. The van der Waals surface area contributed by atoms with Gasteiger partial charge in [-0.25, -0.2) is 0 Å². The van der Waals surface area contributed by atoms with E-state index in [9.17, 15) is 8.22 Å². The minimum absolute atomic E-state index is 0.189. The molecule has 0 fully saturated rings. The van der Waals surface area contributed by atoms with Gasteiger partial charge in [0.1, 0.15) is 11.2 Å². The topological polar surface area (TPSA) is 61.7 Å². The Kier molecular flexibility index (Phi) is 3.12. The van der Waals surface area contributed by atoms with Gasteiger partial charge in [0.05, 0.1) is 49.5 Å². The molecule has 0 saturated carbocycles. The van der Waals surface area contributed by atoms with E-state index >= 15 is 0 Å². The molecule has 0 unspecified atom stereocenters. The lowest BCUT2D eigenvalue weighted by Gasteiger charge is -2.13. The average molecular weight is 674 g/mol. The van der Waals surface area contributed by atoms with E-state index in [2.05, 4.69) is 0 Å². The van der Waals surface area contributed by atoms with Crippen molar-refractivity contribution < 1.29 is 31.8 Å². The highest BCUT2D eigenvalue weighted by Crippen LogP contribution is 2.37. The van der Waals surface area contributed by atoms with Crippen molar-refractivity contribution >= 4 is 65.6 Å². The first kappa shape index (κ1) is 14.8. The quantitative estimate of drug-likeness (QED) is 0.187. The molecule has 11 rings (SSSR count). The molecule has 7 aromatic carbocycles. The number of aromatic nitrogens is 5. The summed E-state index contributed by atoms with van der Waals surface area (Å²) in [5.41, 5.74) is -1.94. The third-order valence-corrected chi connectivity index (χ3v) is 8.59. The molecular formula is C45H27N5O. The fourth-order valence-corrected chi connectivity index (χ4v) is 6.38. The maximum Gasteiger partial charge on any atom is 0.240 e. The van der Waals surface area contributed by atoms with Crippen molar-refractivity contribution in [2.75, 3.05) is 0 Å². The third-order valence-electron chi connectivity index (χ3n) is 8.59. The standard InChI is InChI=1S/C45H27N5O/c1-2-12-28(13-3-1)29-22-24-34-33-16-6-10-20-39(33)50(40(34)26-29)45-47-43(30-23-25-36-35-17-7-11-21-41(35)51-42(36)27-30)46-44(48-45)49-37-18-8-4-14-31(37)32-15-5-9-19-38(32)49/h1-27H/i1D,2D,3D,4D,5D,6D,8D,9D,10D,12D,13D,14D,15D,16D,18D,19D,20D,22D,24D,26D. The number of fused-ring (bicyclic) bond motifs is 9. The van der Waals surface area contributed by atoms with Gasteiger partial charge in [0.25, 0.3) is 0 Å². The van der Waals surface area contributed by atoms with Crippen LogP contribution in [0.3, 0.4) is 0 Å². The SMILES string of the molecule is [2H]c1c([2H])c([2H])c(-c2c([2H])c([2H])c3c4c([2H])c([2H])c([2H])c([2H])c4n(-c4nc(-c5ccc6c(c5)oc5ccccc56)nc(-n5c6c([2H])c([2H])c([2H])c([2H])c6c6c([2H])c([2H])c([2H])c([2H])c65)n4)c3c2[2H])c([2H])c1[2H]. The summed E-state index contributed by atoms with van der Waals surface area (Å²) in [4.78, 5) is 14.3. The zero-order valence-corrected chi connectivity index (χ0v) is 25.7. The lowest BCUT2D eigenvalue weighted by atomic mass is 10.0. The van der Waals surface area contributed by atoms with Crippen LogP contribution in [-0.4, -0.2) is 24.1 Å². The van der Waals surface area contributed by atoms with Gasteiger partial charge in [-0.05, 0) is 53.5 Å². The third kappa shape index (κ3) is 4.20. The molecule has 4 aromatic heterocycles. The monoisotopic (exact) mass is 673 g/mol.